The fraction of sp³-hybridized carbons (Fsp3) is 0.462. The average Bonchev–Trinajstić information content (AvgIpc) is 2.29. The van der Waals surface area contributed by atoms with Crippen LogP contribution < -0.4 is 0 Å². The van der Waals surface area contributed by atoms with E-state index in [2.05, 4.69) is 4.40 Å². The summed E-state index contributed by atoms with van der Waals surface area (Å²) in [5.41, 5.74) is 1.52. The van der Waals surface area contributed by atoms with E-state index in [1.165, 1.54) is 0 Å². The summed E-state index contributed by atoms with van der Waals surface area (Å²) in [6, 6.07) is 5.15. The van der Waals surface area contributed by atoms with Gasteiger partial charge in [0, 0.05) is 5.56 Å². The van der Waals surface area contributed by atoms with E-state index in [9.17, 15) is 8.94 Å². The predicted molar refractivity (Wildman–Crippen MR) is 71.3 cm³/mol. The second-order valence-electron chi connectivity index (χ2n) is 3.99. The van der Waals surface area contributed by atoms with Gasteiger partial charge in [0.25, 0.3) is 0 Å². The van der Waals surface area contributed by atoms with Crippen molar-refractivity contribution in [1.82, 2.24) is 0 Å². The molecule has 0 saturated carbocycles. The molecule has 0 aliphatic heterocycles. The van der Waals surface area contributed by atoms with E-state index >= 15 is 0 Å². The molecule has 1 atom stereocenters. The highest BCUT2D eigenvalue weighted by Gasteiger charge is 2.11. The van der Waals surface area contributed by atoms with Gasteiger partial charge in [-0.1, -0.05) is 35.9 Å². The van der Waals surface area contributed by atoms with Crippen molar-refractivity contribution >= 4 is 17.1 Å². The van der Waals surface area contributed by atoms with E-state index < -0.39 is 11.4 Å². The van der Waals surface area contributed by atoms with Crippen LogP contribution in [0.4, 0.5) is 4.39 Å². The van der Waals surface area contributed by atoms with E-state index in [1.807, 2.05) is 6.92 Å². The Balaban J connectivity index is 2.84. The molecule has 0 spiro atoms. The van der Waals surface area contributed by atoms with Crippen LogP contribution in [0.15, 0.2) is 22.6 Å². The highest BCUT2D eigenvalue weighted by Crippen LogP contribution is 2.14. The molecule has 0 saturated heterocycles. The lowest BCUT2D eigenvalue weighted by Crippen LogP contribution is -2.08. The van der Waals surface area contributed by atoms with Gasteiger partial charge in [0.2, 0.25) is 0 Å². The summed E-state index contributed by atoms with van der Waals surface area (Å²) in [4.78, 5) is 0. The summed E-state index contributed by atoms with van der Waals surface area (Å²) in [7, 11) is 0. The molecule has 0 aliphatic rings. The standard InChI is InChI=1S/C13H18FNOS/c1-4-5-9-17(16)15-11(3)12-8-6-7-10(2)13(12)14/h6-8H,4-5,9H2,1-3H3. The van der Waals surface area contributed by atoms with E-state index in [0.717, 1.165) is 12.8 Å². The first-order valence-corrected chi connectivity index (χ1v) is 7.03. The van der Waals surface area contributed by atoms with Crippen molar-refractivity contribution < 1.29 is 8.94 Å². The van der Waals surface area contributed by atoms with Crippen molar-refractivity contribution in [2.45, 2.75) is 33.6 Å². The van der Waals surface area contributed by atoms with Gasteiger partial charge in [0.1, 0.15) is 11.6 Å². The highest BCUT2D eigenvalue weighted by atomic mass is 32.2. The van der Waals surface area contributed by atoms with Crippen LogP contribution in [0, 0.1) is 12.7 Å². The first kappa shape index (κ1) is 14.2. The summed E-state index contributed by atoms with van der Waals surface area (Å²) in [6.45, 7) is 5.44. The summed E-state index contributed by atoms with van der Waals surface area (Å²) in [5, 5.41) is 0. The molecule has 2 nitrogen and oxygen atoms in total. The van der Waals surface area contributed by atoms with Gasteiger partial charge in [-0.25, -0.2) is 4.39 Å². The molecule has 1 aromatic rings. The maximum atomic E-state index is 13.8. The molecule has 0 amide bonds. The Morgan fingerprint density at radius 3 is 2.82 bits per heavy atom. The van der Waals surface area contributed by atoms with Crippen molar-refractivity contribution in [3.8, 4) is 0 Å². The number of rotatable bonds is 5. The Kier molecular flexibility index (Phi) is 5.65. The van der Waals surface area contributed by atoms with Gasteiger partial charge in [-0.3, -0.25) is 0 Å². The van der Waals surface area contributed by atoms with Crippen LogP contribution in [0.25, 0.3) is 0 Å². The number of halogens is 1. The molecule has 0 aliphatic carbocycles. The molecule has 4 heteroatoms. The third-order valence-electron chi connectivity index (χ3n) is 2.49. The molecular formula is C13H18FNOS. The first-order valence-electron chi connectivity index (χ1n) is 5.75. The molecule has 17 heavy (non-hydrogen) atoms. The topological polar surface area (TPSA) is 35.4 Å². The first-order chi connectivity index (χ1) is 8.06. The molecule has 0 N–H and O–H groups in total. The Hall–Kier alpha value is -0.870. The molecule has 0 fully saturated rings. The van der Waals surface area contributed by atoms with Gasteiger partial charge < -0.3 is 4.55 Å². The highest BCUT2D eigenvalue weighted by molar-refractivity contribution is 7.90. The monoisotopic (exact) mass is 255 g/mol. The van der Waals surface area contributed by atoms with Crippen LogP contribution in [-0.2, 0) is 11.4 Å². The normalized spacial score (nSPS) is 13.8. The van der Waals surface area contributed by atoms with Crippen molar-refractivity contribution in [2.75, 3.05) is 5.75 Å². The van der Waals surface area contributed by atoms with Gasteiger partial charge in [-0.05, 0) is 25.8 Å². The van der Waals surface area contributed by atoms with E-state index in [4.69, 9.17) is 0 Å². The van der Waals surface area contributed by atoms with E-state index in [0.29, 0.717) is 22.6 Å². The van der Waals surface area contributed by atoms with Crippen LogP contribution in [-0.4, -0.2) is 16.0 Å². The van der Waals surface area contributed by atoms with Crippen LogP contribution in [0.1, 0.15) is 37.8 Å². The molecule has 0 aromatic heterocycles. The van der Waals surface area contributed by atoms with Gasteiger partial charge in [0.05, 0.1) is 17.1 Å². The Morgan fingerprint density at radius 1 is 1.47 bits per heavy atom. The van der Waals surface area contributed by atoms with Gasteiger partial charge >= 0.3 is 0 Å². The van der Waals surface area contributed by atoms with Crippen molar-refractivity contribution in [1.29, 1.82) is 0 Å². The zero-order chi connectivity index (χ0) is 12.8. The molecule has 1 rings (SSSR count). The summed E-state index contributed by atoms with van der Waals surface area (Å²) in [6.07, 6.45) is 1.86. The lowest BCUT2D eigenvalue weighted by Gasteiger charge is -2.06. The number of benzene rings is 1. The predicted octanol–water partition coefficient (Wildman–Crippen LogP) is 3.41. The van der Waals surface area contributed by atoms with E-state index in [1.54, 1.807) is 32.0 Å². The summed E-state index contributed by atoms with van der Waals surface area (Å²) >= 11 is -1.24. The number of hydrogen-bond acceptors (Lipinski definition) is 2. The van der Waals surface area contributed by atoms with Crippen molar-refractivity contribution in [3.63, 3.8) is 0 Å². The quantitative estimate of drug-likeness (QED) is 0.586. The summed E-state index contributed by atoms with van der Waals surface area (Å²) < 4.78 is 29.4. The molecule has 94 valence electrons. The Morgan fingerprint density at radius 2 is 2.18 bits per heavy atom. The molecule has 1 unspecified atom stereocenters. The van der Waals surface area contributed by atoms with Crippen LogP contribution >= 0.6 is 0 Å². The second kappa shape index (κ2) is 6.77. The van der Waals surface area contributed by atoms with E-state index in [-0.39, 0.29) is 5.82 Å². The third kappa shape index (κ3) is 4.13. The minimum Gasteiger partial charge on any atom is -0.591 e. The van der Waals surface area contributed by atoms with Crippen molar-refractivity contribution in [2.24, 2.45) is 4.40 Å². The fourth-order valence-corrected chi connectivity index (χ4v) is 2.47. The number of nitrogens with zero attached hydrogens (tertiary/aromatic N) is 1. The zero-order valence-electron chi connectivity index (χ0n) is 10.5. The van der Waals surface area contributed by atoms with Crippen LogP contribution in [0.2, 0.25) is 0 Å². The average molecular weight is 255 g/mol. The zero-order valence-corrected chi connectivity index (χ0v) is 11.3. The largest absolute Gasteiger partial charge is 0.591 e. The minimum atomic E-state index is -1.24. The second-order valence-corrected chi connectivity index (χ2v) is 5.23. The molecular weight excluding hydrogens is 237 g/mol. The molecule has 1 aromatic carbocycles. The maximum Gasteiger partial charge on any atom is 0.135 e. The maximum absolute atomic E-state index is 13.8. The van der Waals surface area contributed by atoms with Crippen molar-refractivity contribution in [3.05, 3.63) is 35.1 Å². The smallest absolute Gasteiger partial charge is 0.135 e. The number of hydrogen-bond donors (Lipinski definition) is 0. The minimum absolute atomic E-state index is 0.277. The van der Waals surface area contributed by atoms with Gasteiger partial charge in [-0.2, -0.15) is 0 Å². The molecule has 0 heterocycles. The lowest BCUT2D eigenvalue weighted by atomic mass is 10.1. The summed E-state index contributed by atoms with van der Waals surface area (Å²) in [5.74, 6) is 0.266. The van der Waals surface area contributed by atoms with Crippen LogP contribution in [0.3, 0.4) is 0 Å². The van der Waals surface area contributed by atoms with Gasteiger partial charge in [-0.15, -0.1) is 0 Å². The molecule has 0 radical (unpaired) electrons. The molecule has 0 bridgehead atoms. The number of aryl methyl sites for hydroxylation is 1. The Labute approximate surface area is 105 Å². The van der Waals surface area contributed by atoms with Gasteiger partial charge in [0.15, 0.2) is 0 Å². The Bertz CT molecular complexity index is 406. The number of unbranched alkanes of at least 4 members (excludes halogenated alkanes) is 1. The fourth-order valence-electron chi connectivity index (χ4n) is 1.44. The third-order valence-corrected chi connectivity index (χ3v) is 3.61. The lowest BCUT2D eigenvalue weighted by molar-refractivity contribution is 0.593. The SMILES string of the molecule is CCCC[S+]([O-])N=C(C)c1cccc(C)c1F. The van der Waals surface area contributed by atoms with Crippen LogP contribution in [0.5, 0.6) is 0 Å².